The first-order chi connectivity index (χ1) is 8.67. The van der Waals surface area contributed by atoms with Gasteiger partial charge in [0.15, 0.2) is 17.9 Å². The zero-order valence-corrected chi connectivity index (χ0v) is 9.54. The normalized spacial score (nSPS) is 10.4. The first-order valence-electron chi connectivity index (χ1n) is 5.28. The summed E-state index contributed by atoms with van der Waals surface area (Å²) in [7, 11) is 0. The van der Waals surface area contributed by atoms with Crippen molar-refractivity contribution in [3.63, 3.8) is 0 Å². The molecule has 0 amide bonds. The lowest BCUT2D eigenvalue weighted by molar-refractivity contribution is 0.111. The summed E-state index contributed by atoms with van der Waals surface area (Å²) in [6.07, 6.45) is 1.79. The number of benzene rings is 1. The van der Waals surface area contributed by atoms with E-state index in [1.165, 1.54) is 18.3 Å². The topological polar surface area (TPSA) is 55.0 Å². The number of aromatic amines is 1. The SMILES string of the molecule is CCOc1ccc(-c2ncc(C=O)[nH]2)c(F)c1F. The number of rotatable bonds is 4. The standard InChI is InChI=1S/C12H10F2N2O2/c1-2-18-9-4-3-8(10(13)11(9)14)12-15-5-7(6-17)16-12/h3-6H,2H2,1H3,(H,15,16). The van der Waals surface area contributed by atoms with Crippen LogP contribution in [0.15, 0.2) is 18.3 Å². The summed E-state index contributed by atoms with van der Waals surface area (Å²) in [4.78, 5) is 16.9. The highest BCUT2D eigenvalue weighted by atomic mass is 19.2. The molecule has 0 bridgehead atoms. The van der Waals surface area contributed by atoms with Crippen LogP contribution in [0.1, 0.15) is 17.4 Å². The molecule has 0 atom stereocenters. The fraction of sp³-hybridized carbons (Fsp3) is 0.167. The molecule has 0 fully saturated rings. The average Bonchev–Trinajstić information content (AvgIpc) is 2.84. The second kappa shape index (κ2) is 4.95. The van der Waals surface area contributed by atoms with Gasteiger partial charge in [-0.15, -0.1) is 0 Å². The van der Waals surface area contributed by atoms with Gasteiger partial charge in [0.1, 0.15) is 5.82 Å². The molecular weight excluding hydrogens is 242 g/mol. The van der Waals surface area contributed by atoms with E-state index in [0.717, 1.165) is 0 Å². The summed E-state index contributed by atoms with van der Waals surface area (Å²) in [5, 5.41) is 0. The van der Waals surface area contributed by atoms with Gasteiger partial charge in [0, 0.05) is 0 Å². The third kappa shape index (κ3) is 2.09. The number of imidazole rings is 1. The Bertz CT molecular complexity index is 581. The monoisotopic (exact) mass is 252 g/mol. The molecule has 2 rings (SSSR count). The highest BCUT2D eigenvalue weighted by Crippen LogP contribution is 2.28. The van der Waals surface area contributed by atoms with Gasteiger partial charge in [-0.2, -0.15) is 4.39 Å². The summed E-state index contributed by atoms with van der Waals surface area (Å²) in [5.41, 5.74) is 0.141. The molecule has 0 radical (unpaired) electrons. The van der Waals surface area contributed by atoms with Gasteiger partial charge in [0.05, 0.1) is 24.1 Å². The van der Waals surface area contributed by atoms with E-state index in [0.29, 0.717) is 6.29 Å². The molecular formula is C12H10F2N2O2. The van der Waals surface area contributed by atoms with Gasteiger partial charge >= 0.3 is 0 Å². The molecule has 0 aliphatic carbocycles. The number of aldehydes is 1. The number of carbonyl (C=O) groups is 1. The van der Waals surface area contributed by atoms with Gasteiger partial charge in [0.2, 0.25) is 5.82 Å². The van der Waals surface area contributed by atoms with Crippen LogP contribution in [-0.2, 0) is 0 Å². The lowest BCUT2D eigenvalue weighted by atomic mass is 10.2. The van der Waals surface area contributed by atoms with E-state index in [1.807, 2.05) is 0 Å². The zero-order valence-electron chi connectivity index (χ0n) is 9.54. The highest BCUT2D eigenvalue weighted by Gasteiger charge is 2.17. The molecule has 0 spiro atoms. The van der Waals surface area contributed by atoms with Crippen molar-refractivity contribution in [2.75, 3.05) is 6.61 Å². The molecule has 6 heteroatoms. The van der Waals surface area contributed by atoms with E-state index in [9.17, 15) is 13.6 Å². The van der Waals surface area contributed by atoms with Crippen molar-refractivity contribution in [2.45, 2.75) is 6.92 Å². The lowest BCUT2D eigenvalue weighted by Crippen LogP contribution is -1.99. The molecule has 0 aliphatic heterocycles. The minimum Gasteiger partial charge on any atom is -0.491 e. The maximum Gasteiger partial charge on any atom is 0.201 e. The highest BCUT2D eigenvalue weighted by molar-refractivity contribution is 5.73. The second-order valence-corrected chi connectivity index (χ2v) is 3.48. The summed E-state index contributed by atoms with van der Waals surface area (Å²) in [6.45, 7) is 1.92. The van der Waals surface area contributed by atoms with Gasteiger partial charge in [-0.25, -0.2) is 9.37 Å². The molecule has 0 unspecified atom stereocenters. The quantitative estimate of drug-likeness (QED) is 0.851. The number of carbonyl (C=O) groups excluding carboxylic acids is 1. The Hall–Kier alpha value is -2.24. The Morgan fingerprint density at radius 2 is 2.17 bits per heavy atom. The molecule has 4 nitrogen and oxygen atoms in total. The molecule has 94 valence electrons. The molecule has 18 heavy (non-hydrogen) atoms. The van der Waals surface area contributed by atoms with Crippen LogP contribution in [0, 0.1) is 11.6 Å². The molecule has 0 saturated carbocycles. The molecule has 0 aliphatic rings. The lowest BCUT2D eigenvalue weighted by Gasteiger charge is -2.07. The van der Waals surface area contributed by atoms with Crippen LogP contribution in [0.25, 0.3) is 11.4 Å². The Labute approximate surface area is 102 Å². The van der Waals surface area contributed by atoms with Crippen molar-refractivity contribution in [3.8, 4) is 17.1 Å². The number of nitrogens with zero attached hydrogens (tertiary/aromatic N) is 1. The minimum atomic E-state index is -1.07. The first kappa shape index (κ1) is 12.2. The van der Waals surface area contributed by atoms with Crippen molar-refractivity contribution < 1.29 is 18.3 Å². The van der Waals surface area contributed by atoms with Gasteiger partial charge in [-0.3, -0.25) is 4.79 Å². The number of hydrogen-bond acceptors (Lipinski definition) is 3. The Morgan fingerprint density at radius 1 is 1.39 bits per heavy atom. The summed E-state index contributed by atoms with van der Waals surface area (Å²) < 4.78 is 32.3. The fourth-order valence-electron chi connectivity index (χ4n) is 1.51. The van der Waals surface area contributed by atoms with E-state index in [1.54, 1.807) is 6.92 Å². The predicted octanol–water partition coefficient (Wildman–Crippen LogP) is 2.57. The van der Waals surface area contributed by atoms with E-state index in [-0.39, 0.29) is 29.4 Å². The predicted molar refractivity (Wildman–Crippen MR) is 60.5 cm³/mol. The largest absolute Gasteiger partial charge is 0.491 e. The summed E-state index contributed by atoms with van der Waals surface area (Å²) >= 11 is 0. The van der Waals surface area contributed by atoms with Crippen molar-refractivity contribution >= 4 is 6.29 Å². The van der Waals surface area contributed by atoms with Crippen molar-refractivity contribution in [3.05, 3.63) is 35.7 Å². The zero-order chi connectivity index (χ0) is 13.1. The summed E-state index contributed by atoms with van der Waals surface area (Å²) in [6, 6.07) is 2.66. The molecule has 0 saturated heterocycles. The van der Waals surface area contributed by atoms with Gasteiger partial charge in [0.25, 0.3) is 0 Å². The number of hydrogen-bond donors (Lipinski definition) is 1. The number of H-pyrrole nitrogens is 1. The van der Waals surface area contributed by atoms with Crippen LogP contribution in [-0.4, -0.2) is 22.9 Å². The Kier molecular flexibility index (Phi) is 3.36. The average molecular weight is 252 g/mol. The Morgan fingerprint density at radius 3 is 2.78 bits per heavy atom. The fourth-order valence-corrected chi connectivity index (χ4v) is 1.51. The van der Waals surface area contributed by atoms with Crippen LogP contribution in [0.4, 0.5) is 8.78 Å². The number of aromatic nitrogens is 2. The van der Waals surface area contributed by atoms with Crippen LogP contribution >= 0.6 is 0 Å². The third-order valence-electron chi connectivity index (χ3n) is 2.32. The van der Waals surface area contributed by atoms with Gasteiger partial charge in [-0.1, -0.05) is 0 Å². The van der Waals surface area contributed by atoms with E-state index >= 15 is 0 Å². The maximum absolute atomic E-state index is 13.8. The van der Waals surface area contributed by atoms with Gasteiger partial charge in [-0.05, 0) is 19.1 Å². The van der Waals surface area contributed by atoms with Crippen molar-refractivity contribution in [2.24, 2.45) is 0 Å². The van der Waals surface area contributed by atoms with E-state index in [2.05, 4.69) is 9.97 Å². The third-order valence-corrected chi connectivity index (χ3v) is 2.32. The molecule has 2 aromatic rings. The van der Waals surface area contributed by atoms with E-state index < -0.39 is 11.6 Å². The van der Waals surface area contributed by atoms with Gasteiger partial charge < -0.3 is 9.72 Å². The van der Waals surface area contributed by atoms with Crippen LogP contribution in [0.2, 0.25) is 0 Å². The van der Waals surface area contributed by atoms with Crippen molar-refractivity contribution in [1.29, 1.82) is 0 Å². The molecule has 1 N–H and O–H groups in total. The second-order valence-electron chi connectivity index (χ2n) is 3.48. The minimum absolute atomic E-state index is 0.0518. The first-order valence-corrected chi connectivity index (χ1v) is 5.28. The smallest absolute Gasteiger partial charge is 0.201 e. The molecule has 1 aromatic heterocycles. The van der Waals surface area contributed by atoms with E-state index in [4.69, 9.17) is 4.74 Å². The number of halogens is 2. The van der Waals surface area contributed by atoms with Crippen LogP contribution in [0.3, 0.4) is 0 Å². The van der Waals surface area contributed by atoms with Crippen molar-refractivity contribution in [1.82, 2.24) is 9.97 Å². The molecule has 1 aromatic carbocycles. The number of nitrogens with one attached hydrogen (secondary N) is 1. The number of ether oxygens (including phenoxy) is 1. The summed E-state index contributed by atoms with van der Waals surface area (Å²) in [5.74, 6) is -2.19. The van der Waals surface area contributed by atoms with Crippen LogP contribution < -0.4 is 4.74 Å². The maximum atomic E-state index is 13.8. The molecule has 1 heterocycles. The Balaban J connectivity index is 2.46. The van der Waals surface area contributed by atoms with Crippen LogP contribution in [0.5, 0.6) is 5.75 Å².